The minimum atomic E-state index is -2.78. The number of hydrogen-bond donors (Lipinski definition) is 7. The van der Waals surface area contributed by atoms with Crippen molar-refractivity contribution in [2.24, 2.45) is 5.73 Å². The minimum absolute atomic E-state index is 0.852. The Bertz CT molecular complexity index is 210. The molecule has 0 amide bonds. The van der Waals surface area contributed by atoms with E-state index < -0.39 is 35.8 Å². The van der Waals surface area contributed by atoms with E-state index in [0.717, 1.165) is 0 Å². The van der Waals surface area contributed by atoms with Gasteiger partial charge in [0.1, 0.15) is 18.3 Å². The predicted octanol–water partition coefficient (Wildman–Crippen LogP) is -3.83. The molecule has 0 saturated heterocycles. The molecule has 0 aliphatic rings. The molecule has 4 atom stereocenters. The second-order valence-electron chi connectivity index (χ2n) is 2.82. The maximum absolute atomic E-state index is 10.6. The molecule has 0 aromatic carbocycles. The predicted molar refractivity (Wildman–Crippen MR) is 48.2 cm³/mol. The molecule has 0 aromatic heterocycles. The Kier molecular flexibility index (Phi) is 4.95. The van der Waals surface area contributed by atoms with Gasteiger partial charge in [-0.2, -0.15) is 0 Å². The van der Waals surface area contributed by atoms with Gasteiger partial charge in [0.25, 0.3) is 0 Å². The van der Waals surface area contributed by atoms with Gasteiger partial charge in [0.05, 0.1) is 6.61 Å². The second kappa shape index (κ2) is 5.03. The van der Waals surface area contributed by atoms with Crippen LogP contribution in [0.2, 0.25) is 0 Å². The zero-order valence-corrected chi connectivity index (χ0v) is 8.00. The van der Waals surface area contributed by atoms with Crippen molar-refractivity contribution >= 4 is 17.7 Å². The van der Waals surface area contributed by atoms with E-state index in [1.54, 1.807) is 0 Å². The van der Waals surface area contributed by atoms with Crippen LogP contribution in [0.4, 0.5) is 0 Å². The molecule has 0 aliphatic heterocycles. The first-order valence-corrected chi connectivity index (χ1v) is 4.09. The summed E-state index contributed by atoms with van der Waals surface area (Å²) in [7, 11) is 0. The van der Waals surface area contributed by atoms with Crippen LogP contribution in [0.15, 0.2) is 0 Å². The lowest BCUT2D eigenvalue weighted by atomic mass is 9.99. The van der Waals surface area contributed by atoms with E-state index in [4.69, 9.17) is 31.3 Å². The third-order valence-corrected chi connectivity index (χ3v) is 2.06. The Labute approximate surface area is 85.2 Å². The van der Waals surface area contributed by atoms with Gasteiger partial charge in [-0.1, -0.05) is 0 Å². The van der Waals surface area contributed by atoms with Gasteiger partial charge >= 0.3 is 0 Å². The normalized spacial score (nSPS) is 22.2. The quantitative estimate of drug-likeness (QED) is 0.188. The third-order valence-electron chi connectivity index (χ3n) is 1.70. The van der Waals surface area contributed by atoms with Gasteiger partial charge in [0, 0.05) is 0 Å². The van der Waals surface area contributed by atoms with E-state index in [9.17, 15) is 4.79 Å². The van der Waals surface area contributed by atoms with Crippen molar-refractivity contribution in [3.63, 3.8) is 0 Å². The second-order valence-corrected chi connectivity index (χ2v) is 3.22. The molecule has 0 radical (unpaired) electrons. The van der Waals surface area contributed by atoms with Crippen LogP contribution in [0.25, 0.3) is 0 Å². The molecule has 0 aliphatic carbocycles. The summed E-state index contributed by atoms with van der Waals surface area (Å²) in [5.74, 6) is 0. The van der Waals surface area contributed by atoms with Gasteiger partial charge in [-0.25, -0.2) is 0 Å². The smallest absolute Gasteiger partial charge is 0.235 e. The van der Waals surface area contributed by atoms with E-state index in [-0.39, 0.29) is 0 Å². The van der Waals surface area contributed by atoms with E-state index in [1.165, 1.54) is 0 Å². The summed E-state index contributed by atoms with van der Waals surface area (Å²) in [4.78, 5) is 10.6. The molecule has 8 heteroatoms. The van der Waals surface area contributed by atoms with E-state index in [0.29, 0.717) is 0 Å². The average Bonchev–Trinajstić information content (AvgIpc) is 2.13. The number of carbonyl (C=O) groups excluding carboxylic acids is 1. The molecule has 0 saturated carbocycles. The molecule has 0 fully saturated rings. The molecule has 84 valence electrons. The first kappa shape index (κ1) is 13.8. The Morgan fingerprint density at radius 1 is 1.43 bits per heavy atom. The highest BCUT2D eigenvalue weighted by Crippen LogP contribution is 2.13. The summed E-state index contributed by atoms with van der Waals surface area (Å²) < 4.78 is 0. The van der Waals surface area contributed by atoms with Gasteiger partial charge in [-0.05, 0) is 0 Å². The fourth-order valence-electron chi connectivity index (χ4n) is 0.705. The third kappa shape index (κ3) is 2.89. The number of carbonyl (C=O) groups is 1. The molecule has 0 unspecified atom stereocenters. The minimum Gasteiger partial charge on any atom is -0.394 e. The van der Waals surface area contributed by atoms with Gasteiger partial charge < -0.3 is 25.5 Å². The molecule has 14 heavy (non-hydrogen) atoms. The molecule has 7 N–H and O–H groups in total. The molecular weight excluding hydrogens is 214 g/mol. The maximum atomic E-state index is 10.6. The first-order valence-electron chi connectivity index (χ1n) is 3.64. The zero-order chi connectivity index (χ0) is 11.5. The molecule has 0 rings (SSSR count). The van der Waals surface area contributed by atoms with Crippen LogP contribution in [0, 0.1) is 0 Å². The number of nitrogens with two attached hydrogens (primary N) is 1. The topological polar surface area (TPSA) is 144 Å². The van der Waals surface area contributed by atoms with Gasteiger partial charge in [0.15, 0.2) is 0 Å². The summed E-state index contributed by atoms with van der Waals surface area (Å²) in [6, 6.07) is 0. The highest BCUT2D eigenvalue weighted by molar-refractivity contribution is 7.96. The van der Waals surface area contributed by atoms with Crippen LogP contribution >= 0.6 is 12.6 Å². The summed E-state index contributed by atoms with van der Waals surface area (Å²) in [6.07, 6.45) is -5.81. The number of rotatable bonds is 5. The van der Waals surface area contributed by atoms with Crippen LogP contribution in [-0.2, 0) is 4.79 Å². The SMILES string of the molecule is N[C@](O)(C(=O)S)[C@@H](O)[C@H](O)[C@H](O)CO. The van der Waals surface area contributed by atoms with E-state index >= 15 is 0 Å². The number of aliphatic hydroxyl groups excluding tert-OH is 4. The fourth-order valence-corrected chi connectivity index (χ4v) is 0.838. The Hall–Kier alpha value is -0.220. The van der Waals surface area contributed by atoms with Crippen molar-refractivity contribution in [2.75, 3.05) is 6.61 Å². The zero-order valence-electron chi connectivity index (χ0n) is 7.11. The van der Waals surface area contributed by atoms with Crippen LogP contribution < -0.4 is 5.73 Å². The van der Waals surface area contributed by atoms with Crippen LogP contribution in [-0.4, -0.2) is 61.3 Å². The average molecular weight is 227 g/mol. The van der Waals surface area contributed by atoms with Gasteiger partial charge in [-0.15, -0.1) is 12.6 Å². The van der Waals surface area contributed by atoms with Crippen molar-refractivity contribution in [1.82, 2.24) is 0 Å². The van der Waals surface area contributed by atoms with Crippen molar-refractivity contribution in [2.45, 2.75) is 24.0 Å². The Balaban J connectivity index is 4.60. The van der Waals surface area contributed by atoms with Crippen LogP contribution in [0.5, 0.6) is 0 Å². The number of thiol groups is 1. The lowest BCUT2D eigenvalue weighted by Crippen LogP contribution is -2.62. The van der Waals surface area contributed by atoms with Gasteiger partial charge in [-0.3, -0.25) is 10.5 Å². The summed E-state index contributed by atoms with van der Waals surface area (Å²) in [6.45, 7) is -0.852. The van der Waals surface area contributed by atoms with E-state index in [1.807, 2.05) is 0 Å². The Morgan fingerprint density at radius 3 is 2.14 bits per heavy atom. The fraction of sp³-hybridized carbons (Fsp3) is 0.833. The van der Waals surface area contributed by atoms with Gasteiger partial charge in [0.2, 0.25) is 10.8 Å². The Morgan fingerprint density at radius 2 is 1.86 bits per heavy atom. The van der Waals surface area contributed by atoms with E-state index in [2.05, 4.69) is 12.6 Å². The van der Waals surface area contributed by atoms with Crippen molar-refractivity contribution in [3.05, 3.63) is 0 Å². The molecule has 0 heterocycles. The lowest BCUT2D eigenvalue weighted by molar-refractivity contribution is -0.165. The van der Waals surface area contributed by atoms with Crippen molar-refractivity contribution in [1.29, 1.82) is 0 Å². The highest BCUT2D eigenvalue weighted by atomic mass is 32.1. The number of hydrogen-bond acceptors (Lipinski definition) is 7. The summed E-state index contributed by atoms with van der Waals surface area (Å²) >= 11 is 3.18. The standard InChI is InChI=1S/C6H13NO6S/c7-6(13,5(12)14)4(11)3(10)2(9)1-8/h2-4,8-11,13H,1,7H2,(H,12,14)/t2-,3-,4+,6-/m1/s1. The first-order chi connectivity index (χ1) is 6.25. The maximum Gasteiger partial charge on any atom is 0.235 e. The number of aliphatic hydroxyl groups is 5. The van der Waals surface area contributed by atoms with Crippen molar-refractivity contribution < 1.29 is 30.3 Å². The van der Waals surface area contributed by atoms with Crippen LogP contribution in [0.1, 0.15) is 0 Å². The van der Waals surface area contributed by atoms with Crippen LogP contribution in [0.3, 0.4) is 0 Å². The molecular formula is C6H13NO6S. The highest BCUT2D eigenvalue weighted by Gasteiger charge is 2.43. The molecule has 0 spiro atoms. The lowest BCUT2D eigenvalue weighted by Gasteiger charge is -2.30. The summed E-state index contributed by atoms with van der Waals surface area (Å²) in [5.41, 5.74) is 2.14. The molecule has 0 aromatic rings. The monoisotopic (exact) mass is 227 g/mol. The molecule has 7 nitrogen and oxygen atoms in total. The largest absolute Gasteiger partial charge is 0.394 e. The van der Waals surface area contributed by atoms with Crippen molar-refractivity contribution in [3.8, 4) is 0 Å². The summed E-state index contributed by atoms with van der Waals surface area (Å²) in [5, 5.41) is 43.4. The molecule has 0 bridgehead atoms.